The zero-order valence-electron chi connectivity index (χ0n) is 14.6. The van der Waals surface area contributed by atoms with Crippen molar-refractivity contribution in [3.8, 4) is 0 Å². The van der Waals surface area contributed by atoms with E-state index in [1.54, 1.807) is 6.20 Å². The average molecular weight is 332 g/mol. The maximum atomic E-state index is 12.9. The Morgan fingerprint density at radius 2 is 1.88 bits per heavy atom. The van der Waals surface area contributed by atoms with Crippen LogP contribution in [0.5, 0.6) is 0 Å². The molecule has 1 aliphatic heterocycles. The topological polar surface area (TPSA) is 51.1 Å². The zero-order chi connectivity index (χ0) is 17.7. The number of hydrogen-bond donors (Lipinski definition) is 1. The molecular weight excluding hydrogens is 312 g/mol. The van der Waals surface area contributed by atoms with Crippen molar-refractivity contribution in [1.29, 1.82) is 0 Å². The van der Waals surface area contributed by atoms with Gasteiger partial charge in [0.1, 0.15) is 5.56 Å². The number of carbonyl (C=O) groups excluding carboxylic acids is 1. The van der Waals surface area contributed by atoms with E-state index < -0.39 is 0 Å². The lowest BCUT2D eigenvalue weighted by Gasteiger charge is -2.13. The molecule has 1 aliphatic rings. The van der Waals surface area contributed by atoms with Crippen molar-refractivity contribution in [2.75, 3.05) is 5.32 Å². The number of amides is 1. The summed E-state index contributed by atoms with van der Waals surface area (Å²) in [6.45, 7) is 6.07. The van der Waals surface area contributed by atoms with Crippen LogP contribution in [-0.4, -0.2) is 10.5 Å². The van der Waals surface area contributed by atoms with Crippen molar-refractivity contribution in [2.45, 2.75) is 33.2 Å². The molecule has 0 radical (unpaired) electrons. The molecule has 0 saturated carbocycles. The fourth-order valence-electron chi connectivity index (χ4n) is 3.82. The van der Waals surface area contributed by atoms with Crippen molar-refractivity contribution in [3.63, 3.8) is 0 Å². The highest BCUT2D eigenvalue weighted by Gasteiger charge is 2.24. The van der Waals surface area contributed by atoms with Gasteiger partial charge < -0.3 is 9.88 Å². The molecule has 25 heavy (non-hydrogen) atoms. The van der Waals surface area contributed by atoms with Gasteiger partial charge in [-0.25, -0.2) is 0 Å². The van der Waals surface area contributed by atoms with E-state index in [1.807, 2.05) is 44.2 Å². The molecule has 0 fully saturated rings. The number of aryl methyl sites for hydroxylation is 2. The van der Waals surface area contributed by atoms with Gasteiger partial charge in [0.15, 0.2) is 0 Å². The van der Waals surface area contributed by atoms with Crippen molar-refractivity contribution in [3.05, 3.63) is 75.1 Å². The number of hydrogen-bond acceptors (Lipinski definition) is 2. The highest BCUT2D eigenvalue weighted by molar-refractivity contribution is 6.06. The predicted molar refractivity (Wildman–Crippen MR) is 100 cm³/mol. The molecule has 1 aromatic heterocycles. The maximum Gasteiger partial charge on any atom is 0.261 e. The third-order valence-electron chi connectivity index (χ3n) is 4.85. The van der Waals surface area contributed by atoms with Gasteiger partial charge in [-0.2, -0.15) is 0 Å². The lowest BCUT2D eigenvalue weighted by molar-refractivity contribution is 0.102. The molecule has 1 atom stereocenters. The number of pyridine rings is 1. The van der Waals surface area contributed by atoms with E-state index >= 15 is 0 Å². The molecule has 0 bridgehead atoms. The number of aromatic nitrogens is 1. The highest BCUT2D eigenvalue weighted by atomic mass is 16.2. The summed E-state index contributed by atoms with van der Waals surface area (Å²) in [6, 6.07) is 11.9. The van der Waals surface area contributed by atoms with Gasteiger partial charge in [-0.1, -0.05) is 18.2 Å². The molecule has 4 nitrogen and oxygen atoms in total. The fourth-order valence-corrected chi connectivity index (χ4v) is 3.82. The quantitative estimate of drug-likeness (QED) is 0.771. The first kappa shape index (κ1) is 15.6. The van der Waals surface area contributed by atoms with Crippen LogP contribution in [0.4, 0.5) is 5.69 Å². The molecule has 0 aliphatic carbocycles. The Morgan fingerprint density at radius 1 is 1.16 bits per heavy atom. The van der Waals surface area contributed by atoms with Crippen LogP contribution in [-0.2, 0) is 6.42 Å². The number of rotatable bonds is 2. The second kappa shape index (κ2) is 5.59. The first-order valence-electron chi connectivity index (χ1n) is 8.50. The Hall–Kier alpha value is -2.88. The van der Waals surface area contributed by atoms with Gasteiger partial charge in [0, 0.05) is 23.3 Å². The summed E-state index contributed by atoms with van der Waals surface area (Å²) in [5.41, 5.74) is 4.97. The van der Waals surface area contributed by atoms with Crippen LogP contribution in [0.1, 0.15) is 40.0 Å². The summed E-state index contributed by atoms with van der Waals surface area (Å²) >= 11 is 0. The first-order chi connectivity index (χ1) is 11.9. The van der Waals surface area contributed by atoms with Gasteiger partial charge in [-0.3, -0.25) is 9.59 Å². The molecule has 2 heterocycles. The molecule has 1 N–H and O–H groups in total. The monoisotopic (exact) mass is 332 g/mol. The second-order valence-electron chi connectivity index (χ2n) is 6.98. The zero-order valence-corrected chi connectivity index (χ0v) is 14.6. The summed E-state index contributed by atoms with van der Waals surface area (Å²) in [4.78, 5) is 25.6. The first-order valence-corrected chi connectivity index (χ1v) is 8.50. The normalized spacial score (nSPS) is 15.6. The number of carbonyl (C=O) groups is 1. The molecule has 1 amide bonds. The van der Waals surface area contributed by atoms with Gasteiger partial charge in [-0.15, -0.1) is 0 Å². The number of benzene rings is 2. The van der Waals surface area contributed by atoms with Crippen LogP contribution in [0.2, 0.25) is 0 Å². The van der Waals surface area contributed by atoms with E-state index in [1.165, 1.54) is 5.56 Å². The molecule has 2 aromatic carbocycles. The van der Waals surface area contributed by atoms with Crippen LogP contribution in [0.15, 0.2) is 47.4 Å². The fraction of sp³-hybridized carbons (Fsp3) is 0.238. The average Bonchev–Trinajstić information content (AvgIpc) is 2.86. The smallest absolute Gasteiger partial charge is 0.261 e. The van der Waals surface area contributed by atoms with Crippen LogP contribution >= 0.6 is 0 Å². The van der Waals surface area contributed by atoms with E-state index in [9.17, 15) is 9.59 Å². The number of nitrogens with zero attached hydrogens (tertiary/aromatic N) is 1. The lowest BCUT2D eigenvalue weighted by Crippen LogP contribution is -2.23. The van der Waals surface area contributed by atoms with E-state index in [0.717, 1.165) is 23.1 Å². The molecule has 0 unspecified atom stereocenters. The minimum atomic E-state index is -0.356. The Balaban J connectivity index is 1.81. The molecule has 3 aromatic rings. The maximum absolute atomic E-state index is 12.9. The Labute approximate surface area is 146 Å². The highest BCUT2D eigenvalue weighted by Crippen LogP contribution is 2.31. The Bertz CT molecular complexity index is 1060. The number of nitrogens with one attached hydrogen (secondary N) is 1. The molecule has 4 rings (SSSR count). The van der Waals surface area contributed by atoms with Crippen LogP contribution in [0.25, 0.3) is 10.9 Å². The third kappa shape index (κ3) is 2.54. The largest absolute Gasteiger partial charge is 0.343 e. The van der Waals surface area contributed by atoms with E-state index in [-0.39, 0.29) is 22.9 Å². The van der Waals surface area contributed by atoms with Gasteiger partial charge in [0.05, 0.1) is 5.52 Å². The molecule has 4 heteroatoms. The number of anilines is 1. The SMILES string of the molecule is Cc1cc(C)cc(NC(=O)c2cn3c4c(cccc4c2=O)C[C@H]3C)c1. The molecule has 0 saturated heterocycles. The molecular formula is C21H20N2O2. The molecule has 0 spiro atoms. The van der Waals surface area contributed by atoms with Gasteiger partial charge in [0.25, 0.3) is 5.91 Å². The van der Waals surface area contributed by atoms with Gasteiger partial charge in [-0.05, 0) is 62.1 Å². The van der Waals surface area contributed by atoms with Crippen LogP contribution < -0.4 is 10.7 Å². The minimum absolute atomic E-state index is 0.192. The summed E-state index contributed by atoms with van der Waals surface area (Å²) in [6.07, 6.45) is 2.60. The van der Waals surface area contributed by atoms with E-state index in [2.05, 4.69) is 22.9 Å². The Morgan fingerprint density at radius 3 is 2.60 bits per heavy atom. The van der Waals surface area contributed by atoms with E-state index in [0.29, 0.717) is 11.1 Å². The third-order valence-corrected chi connectivity index (χ3v) is 4.85. The predicted octanol–water partition coefficient (Wildman–Crippen LogP) is 3.99. The van der Waals surface area contributed by atoms with Crippen molar-refractivity contribution in [1.82, 2.24) is 4.57 Å². The second-order valence-corrected chi connectivity index (χ2v) is 6.98. The summed E-state index contributed by atoms with van der Waals surface area (Å²) in [5, 5.41) is 3.50. The standard InChI is InChI=1S/C21H20N2O2/c1-12-7-13(2)9-16(8-12)22-21(25)18-11-23-14(3)10-15-5-4-6-17(19(15)23)20(18)24/h4-9,11,14H,10H2,1-3H3,(H,22,25)/t14-/m1/s1. The lowest BCUT2D eigenvalue weighted by atomic mass is 10.1. The van der Waals surface area contributed by atoms with Crippen LogP contribution in [0, 0.1) is 13.8 Å². The van der Waals surface area contributed by atoms with Crippen molar-refractivity contribution < 1.29 is 4.79 Å². The van der Waals surface area contributed by atoms with Crippen LogP contribution in [0.3, 0.4) is 0 Å². The van der Waals surface area contributed by atoms with Gasteiger partial charge in [0.2, 0.25) is 5.43 Å². The van der Waals surface area contributed by atoms with Crippen molar-refractivity contribution in [2.24, 2.45) is 0 Å². The minimum Gasteiger partial charge on any atom is -0.343 e. The summed E-state index contributed by atoms with van der Waals surface area (Å²) in [5.74, 6) is -0.356. The van der Waals surface area contributed by atoms with Gasteiger partial charge >= 0.3 is 0 Å². The summed E-state index contributed by atoms with van der Waals surface area (Å²) in [7, 11) is 0. The summed E-state index contributed by atoms with van der Waals surface area (Å²) < 4.78 is 2.06. The van der Waals surface area contributed by atoms with E-state index in [4.69, 9.17) is 0 Å². The molecule has 126 valence electrons. The Kier molecular flexibility index (Phi) is 3.49. The number of para-hydroxylation sites is 1. The van der Waals surface area contributed by atoms with Crippen molar-refractivity contribution >= 4 is 22.5 Å².